The fourth-order valence-corrected chi connectivity index (χ4v) is 1.88. The van der Waals surface area contributed by atoms with Crippen molar-refractivity contribution >= 4 is 10.8 Å². The van der Waals surface area contributed by atoms with E-state index in [1.165, 1.54) is 6.92 Å². The Morgan fingerprint density at radius 3 is 2.65 bits per heavy atom. The molecule has 2 aromatic rings. The van der Waals surface area contributed by atoms with E-state index in [0.29, 0.717) is 12.8 Å². The lowest BCUT2D eigenvalue weighted by Gasteiger charge is -2.07. The van der Waals surface area contributed by atoms with Crippen LogP contribution in [0.5, 0.6) is 5.75 Å². The highest BCUT2D eigenvalue weighted by molar-refractivity contribution is 5.84. The van der Waals surface area contributed by atoms with Crippen molar-refractivity contribution in [2.45, 2.75) is 25.8 Å². The Morgan fingerprint density at radius 2 is 1.94 bits per heavy atom. The van der Waals surface area contributed by atoms with Crippen LogP contribution >= 0.6 is 0 Å². The summed E-state index contributed by atoms with van der Waals surface area (Å²) in [6, 6.07) is 12.1. The highest BCUT2D eigenvalue weighted by atomic mass is 16.5. The third-order valence-electron chi connectivity index (χ3n) is 2.89. The van der Waals surface area contributed by atoms with Gasteiger partial charge in [0.05, 0.1) is 14.6 Å². The molecule has 0 saturated heterocycles. The summed E-state index contributed by atoms with van der Waals surface area (Å²) in [5.74, 6) is 0.851. The molecular formula is C15H18O2. The van der Waals surface area contributed by atoms with Gasteiger partial charge in [-0.1, -0.05) is 24.3 Å². The molecule has 0 fully saturated rings. The van der Waals surface area contributed by atoms with Crippen LogP contribution in [-0.2, 0) is 6.42 Å². The Morgan fingerprint density at radius 1 is 1.24 bits per heavy atom. The van der Waals surface area contributed by atoms with Gasteiger partial charge in [0.1, 0.15) is 5.75 Å². The first-order valence-electron chi connectivity index (χ1n) is 6.27. The van der Waals surface area contributed by atoms with Gasteiger partial charge in [-0.2, -0.15) is 0 Å². The monoisotopic (exact) mass is 231 g/mol. The molecule has 0 unspecified atom stereocenters. The van der Waals surface area contributed by atoms with Crippen LogP contribution in [0.2, 0.25) is 0 Å². The van der Waals surface area contributed by atoms with Crippen LogP contribution in [-0.4, -0.2) is 18.3 Å². The Kier molecular flexibility index (Phi) is 3.24. The van der Waals surface area contributed by atoms with Crippen LogP contribution in [0.15, 0.2) is 36.4 Å². The lowest BCUT2D eigenvalue weighted by Crippen LogP contribution is -2.01. The van der Waals surface area contributed by atoms with Gasteiger partial charge in [-0.15, -0.1) is 0 Å². The van der Waals surface area contributed by atoms with Crippen LogP contribution in [0.3, 0.4) is 0 Å². The summed E-state index contributed by atoms with van der Waals surface area (Å²) >= 11 is 0. The zero-order chi connectivity index (χ0) is 13.2. The number of benzene rings is 2. The van der Waals surface area contributed by atoms with Gasteiger partial charge in [-0.05, 0) is 48.2 Å². The quantitative estimate of drug-likeness (QED) is 0.875. The molecule has 2 aromatic carbocycles. The highest BCUT2D eigenvalue weighted by Crippen LogP contribution is 2.22. The smallest absolute Gasteiger partial charge is 0.119 e. The molecule has 0 aliphatic rings. The molecular weight excluding hydrogens is 212 g/mol. The number of methoxy groups -OCH3 is 1. The van der Waals surface area contributed by atoms with Crippen LogP contribution in [0.25, 0.3) is 10.8 Å². The zero-order valence-corrected chi connectivity index (χ0v) is 10.2. The lowest BCUT2D eigenvalue weighted by molar-refractivity contribution is 0.185. The molecule has 1 N–H and O–H groups in total. The van der Waals surface area contributed by atoms with Gasteiger partial charge >= 0.3 is 0 Å². The third-order valence-corrected chi connectivity index (χ3v) is 2.89. The van der Waals surface area contributed by atoms with Crippen molar-refractivity contribution in [1.82, 2.24) is 0 Å². The molecule has 2 nitrogen and oxygen atoms in total. The van der Waals surface area contributed by atoms with Crippen molar-refractivity contribution in [3.05, 3.63) is 42.0 Å². The fourth-order valence-electron chi connectivity index (χ4n) is 1.88. The maximum atomic E-state index is 9.41. The summed E-state index contributed by atoms with van der Waals surface area (Å²) in [6.45, 7) is 1.51. The van der Waals surface area contributed by atoms with Gasteiger partial charge in [0, 0.05) is 0 Å². The van der Waals surface area contributed by atoms with E-state index >= 15 is 0 Å². The predicted octanol–water partition coefficient (Wildman–Crippen LogP) is 3.16. The molecule has 0 aliphatic heterocycles. The van der Waals surface area contributed by atoms with Gasteiger partial charge < -0.3 is 9.84 Å². The molecule has 2 rings (SSSR count). The molecule has 0 amide bonds. The SMILES string of the molecule is [2H][C@](C)(O)CCc1ccc2cc(OC)ccc2c1. The maximum absolute atomic E-state index is 9.41. The maximum Gasteiger partial charge on any atom is 0.119 e. The van der Waals surface area contributed by atoms with E-state index in [1.54, 1.807) is 7.11 Å². The Hall–Kier alpha value is -1.54. The van der Waals surface area contributed by atoms with Crippen molar-refractivity contribution in [2.75, 3.05) is 7.11 Å². The van der Waals surface area contributed by atoms with Crippen molar-refractivity contribution in [3.63, 3.8) is 0 Å². The Balaban J connectivity index is 2.22. The van der Waals surface area contributed by atoms with Gasteiger partial charge in [-0.3, -0.25) is 0 Å². The average Bonchev–Trinajstić information content (AvgIpc) is 2.34. The molecule has 0 aliphatic carbocycles. The molecule has 0 bridgehead atoms. The average molecular weight is 231 g/mol. The molecule has 0 heterocycles. The summed E-state index contributed by atoms with van der Waals surface area (Å²) in [5, 5.41) is 11.7. The van der Waals surface area contributed by atoms with Crippen LogP contribution in [0.4, 0.5) is 0 Å². The predicted molar refractivity (Wildman–Crippen MR) is 70.5 cm³/mol. The Bertz CT molecular complexity index is 544. The van der Waals surface area contributed by atoms with Crippen LogP contribution < -0.4 is 4.74 Å². The summed E-state index contributed by atoms with van der Waals surface area (Å²) in [6.07, 6.45) is -0.206. The van der Waals surface area contributed by atoms with Crippen molar-refractivity contribution in [3.8, 4) is 5.75 Å². The second-order valence-corrected chi connectivity index (χ2v) is 4.28. The summed E-state index contributed by atoms with van der Waals surface area (Å²) < 4.78 is 12.6. The molecule has 0 radical (unpaired) electrons. The largest absolute Gasteiger partial charge is 0.497 e. The van der Waals surface area contributed by atoms with E-state index < -0.39 is 6.08 Å². The van der Waals surface area contributed by atoms with E-state index in [1.807, 2.05) is 30.3 Å². The summed E-state index contributed by atoms with van der Waals surface area (Å²) in [5.41, 5.74) is 1.14. The van der Waals surface area contributed by atoms with Crippen LogP contribution in [0, 0.1) is 0 Å². The first-order valence-corrected chi connectivity index (χ1v) is 5.77. The van der Waals surface area contributed by atoms with Crippen molar-refractivity contribution in [1.29, 1.82) is 0 Å². The van der Waals surface area contributed by atoms with E-state index in [9.17, 15) is 5.11 Å². The number of ether oxygens (including phenoxy) is 1. The minimum absolute atomic E-state index is 0.439. The molecule has 90 valence electrons. The number of hydrogen-bond donors (Lipinski definition) is 1. The minimum Gasteiger partial charge on any atom is -0.497 e. The minimum atomic E-state index is -1.35. The molecule has 17 heavy (non-hydrogen) atoms. The first kappa shape index (κ1) is 10.6. The molecule has 0 aromatic heterocycles. The standard InChI is InChI=1S/C15H18O2/c1-11(16)3-4-12-5-6-14-10-15(17-2)8-7-13(14)9-12/h5-11,16H,3-4H2,1-2H3/t11-/m1/s1/i11D. The number of aryl methyl sites for hydroxylation is 1. The summed E-state index contributed by atoms with van der Waals surface area (Å²) in [4.78, 5) is 0. The fraction of sp³-hybridized carbons (Fsp3) is 0.333. The second-order valence-electron chi connectivity index (χ2n) is 4.28. The number of hydrogen-bond acceptors (Lipinski definition) is 2. The topological polar surface area (TPSA) is 29.5 Å². The van der Waals surface area contributed by atoms with E-state index in [4.69, 9.17) is 6.11 Å². The number of fused-ring (bicyclic) bond motifs is 1. The lowest BCUT2D eigenvalue weighted by atomic mass is 10.0. The van der Waals surface area contributed by atoms with Crippen molar-refractivity contribution in [2.24, 2.45) is 0 Å². The van der Waals surface area contributed by atoms with Gasteiger partial charge in [0.2, 0.25) is 0 Å². The van der Waals surface area contributed by atoms with Gasteiger partial charge in [0.15, 0.2) is 0 Å². The molecule has 0 spiro atoms. The first-order chi connectivity index (χ1) is 8.48. The summed E-state index contributed by atoms with van der Waals surface area (Å²) in [7, 11) is 1.66. The third kappa shape index (κ3) is 2.98. The zero-order valence-electron chi connectivity index (χ0n) is 11.2. The Labute approximate surface area is 103 Å². The normalized spacial score (nSPS) is 15.4. The second kappa shape index (κ2) is 5.19. The van der Waals surface area contributed by atoms with Gasteiger partial charge in [-0.25, -0.2) is 0 Å². The van der Waals surface area contributed by atoms with E-state index in [-0.39, 0.29) is 0 Å². The van der Waals surface area contributed by atoms with Crippen LogP contribution in [0.1, 0.15) is 20.3 Å². The van der Waals surface area contributed by atoms with Crippen molar-refractivity contribution < 1.29 is 11.2 Å². The van der Waals surface area contributed by atoms with E-state index in [0.717, 1.165) is 22.1 Å². The molecule has 0 saturated carbocycles. The molecule has 2 heteroatoms. The number of rotatable bonds is 4. The highest BCUT2D eigenvalue weighted by Gasteiger charge is 2.01. The molecule has 1 atom stereocenters. The number of aliphatic hydroxyl groups is 1. The van der Waals surface area contributed by atoms with E-state index in [2.05, 4.69) is 6.07 Å². The van der Waals surface area contributed by atoms with Gasteiger partial charge in [0.25, 0.3) is 0 Å².